The highest BCUT2D eigenvalue weighted by Crippen LogP contribution is 2.25. The maximum atomic E-state index is 13.3. The summed E-state index contributed by atoms with van der Waals surface area (Å²) in [5.41, 5.74) is 1.14. The molecule has 0 saturated carbocycles. The molecule has 31 heavy (non-hydrogen) atoms. The Hall–Kier alpha value is -2.04. The summed E-state index contributed by atoms with van der Waals surface area (Å²) < 4.78 is 54.6. The van der Waals surface area contributed by atoms with E-state index < -0.39 is 26.8 Å². The van der Waals surface area contributed by atoms with Gasteiger partial charge in [-0.2, -0.15) is 8.42 Å². The molecule has 0 bridgehead atoms. The van der Waals surface area contributed by atoms with Crippen LogP contribution in [0, 0.1) is 11.7 Å². The molecular weight excluding hydrogens is 439 g/mol. The van der Waals surface area contributed by atoms with Crippen molar-refractivity contribution in [2.24, 2.45) is 5.92 Å². The van der Waals surface area contributed by atoms with Crippen molar-refractivity contribution in [1.82, 2.24) is 9.29 Å². The third-order valence-corrected chi connectivity index (χ3v) is 7.93. The number of nitrogens with zero attached hydrogens (tertiary/aromatic N) is 3. The van der Waals surface area contributed by atoms with Crippen molar-refractivity contribution in [3.8, 4) is 0 Å². The molecule has 2 aromatic rings. The second kappa shape index (κ2) is 10.1. The lowest BCUT2D eigenvalue weighted by atomic mass is 10.1. The zero-order valence-electron chi connectivity index (χ0n) is 18.0. The lowest BCUT2D eigenvalue weighted by Crippen LogP contribution is -2.39. The molecule has 1 atom stereocenters. The Morgan fingerprint density at radius 2 is 1.84 bits per heavy atom. The van der Waals surface area contributed by atoms with Crippen LogP contribution in [0.4, 0.5) is 15.8 Å². The summed E-state index contributed by atoms with van der Waals surface area (Å²) in [6.45, 7) is 5.61. The number of sulfonamides is 1. The molecule has 1 aliphatic heterocycles. The van der Waals surface area contributed by atoms with Crippen molar-refractivity contribution < 1.29 is 17.0 Å². The number of benzene rings is 1. The quantitative estimate of drug-likeness (QED) is 0.643. The van der Waals surface area contributed by atoms with Crippen LogP contribution in [0.5, 0.6) is 0 Å². The molecule has 170 valence electrons. The molecule has 1 fully saturated rings. The van der Waals surface area contributed by atoms with Gasteiger partial charge < -0.3 is 5.32 Å². The van der Waals surface area contributed by atoms with E-state index in [-0.39, 0.29) is 23.5 Å². The van der Waals surface area contributed by atoms with Crippen molar-refractivity contribution >= 4 is 32.4 Å². The molecule has 1 unspecified atom stereocenters. The Morgan fingerprint density at radius 3 is 2.35 bits per heavy atom. The van der Waals surface area contributed by atoms with Crippen molar-refractivity contribution in [2.75, 3.05) is 35.5 Å². The molecule has 1 aromatic carbocycles. The molecule has 0 spiro atoms. The largest absolute Gasteiger partial charge is 0.381 e. The molecule has 1 saturated heterocycles. The topological polar surface area (TPSA) is 82.6 Å². The minimum atomic E-state index is -3.90. The molecule has 3 rings (SSSR count). The van der Waals surface area contributed by atoms with E-state index in [9.17, 15) is 17.0 Å². The molecule has 0 amide bonds. The zero-order valence-corrected chi connectivity index (χ0v) is 19.6. The number of hydrogen-bond donors (Lipinski definition) is 1. The summed E-state index contributed by atoms with van der Waals surface area (Å²) in [6, 6.07) is 8.84. The van der Waals surface area contributed by atoms with Gasteiger partial charge in [-0.05, 0) is 55.2 Å². The first kappa shape index (κ1) is 23.6. The number of piperidine rings is 1. The van der Waals surface area contributed by atoms with Crippen LogP contribution in [0.3, 0.4) is 0 Å². The van der Waals surface area contributed by atoms with E-state index in [4.69, 9.17) is 0 Å². The molecule has 1 aromatic heterocycles. The van der Waals surface area contributed by atoms with Gasteiger partial charge in [0.15, 0.2) is 5.03 Å². The minimum absolute atomic E-state index is 0.0563. The minimum Gasteiger partial charge on any atom is -0.381 e. The van der Waals surface area contributed by atoms with Gasteiger partial charge in [-0.3, -0.25) is 4.31 Å². The van der Waals surface area contributed by atoms with E-state index in [0.717, 1.165) is 31.6 Å². The molecule has 0 radical (unpaired) electrons. The Bertz CT molecular complexity index is 990. The lowest BCUT2D eigenvalue weighted by Gasteiger charge is -2.31. The fourth-order valence-corrected chi connectivity index (χ4v) is 5.78. The molecule has 10 heteroatoms. The summed E-state index contributed by atoms with van der Waals surface area (Å²) in [7, 11) is -4.85. The number of pyridine rings is 1. The van der Waals surface area contributed by atoms with E-state index in [2.05, 4.69) is 10.3 Å². The number of aromatic nitrogens is 1. The number of anilines is 2. The molecule has 2 heterocycles. The van der Waals surface area contributed by atoms with Crippen LogP contribution in [0.2, 0.25) is 0 Å². The van der Waals surface area contributed by atoms with Crippen LogP contribution >= 0.6 is 0 Å². The van der Waals surface area contributed by atoms with Crippen LogP contribution in [0.15, 0.2) is 47.6 Å². The first-order valence-corrected chi connectivity index (χ1v) is 13.2. The maximum absolute atomic E-state index is 13.3. The molecule has 0 aliphatic carbocycles. The smallest absolute Gasteiger partial charge is 0.281 e. The average Bonchev–Trinajstić information content (AvgIpc) is 2.73. The standard InChI is InChI=1S/C21H29FN4O3S2/c1-16(2)15-26(20-7-4-17(22)5-8-20)31(28,29)21-9-6-19(14-23-21)24-18-10-12-25(13-11-18)30(3)27/h4-9,14,16,18,24H,10-13,15H2,1-3H3. The lowest BCUT2D eigenvalue weighted by molar-refractivity contribution is 0.347. The van der Waals surface area contributed by atoms with Crippen molar-refractivity contribution in [1.29, 1.82) is 0 Å². The van der Waals surface area contributed by atoms with Gasteiger partial charge in [-0.25, -0.2) is 17.9 Å². The van der Waals surface area contributed by atoms with E-state index in [1.807, 2.05) is 18.2 Å². The van der Waals surface area contributed by atoms with Crippen LogP contribution in [-0.4, -0.2) is 53.8 Å². The fraction of sp³-hybridized carbons (Fsp3) is 0.476. The highest BCUT2D eigenvalue weighted by atomic mass is 32.2. The summed E-state index contributed by atoms with van der Waals surface area (Å²) in [5, 5.41) is 3.32. The van der Waals surface area contributed by atoms with Gasteiger partial charge in [0.2, 0.25) is 0 Å². The molecule has 7 nitrogen and oxygen atoms in total. The van der Waals surface area contributed by atoms with Crippen molar-refractivity contribution in [3.63, 3.8) is 0 Å². The van der Waals surface area contributed by atoms with Gasteiger partial charge in [-0.1, -0.05) is 13.8 Å². The van der Waals surface area contributed by atoms with Gasteiger partial charge in [0.05, 0.1) is 28.6 Å². The van der Waals surface area contributed by atoms with Crippen LogP contribution in [0.25, 0.3) is 0 Å². The molecule has 1 N–H and O–H groups in total. The predicted octanol–water partition coefficient (Wildman–Crippen LogP) is 3.24. The third-order valence-electron chi connectivity index (χ3n) is 5.12. The summed E-state index contributed by atoms with van der Waals surface area (Å²) in [4.78, 5) is 4.21. The first-order valence-electron chi connectivity index (χ1n) is 10.3. The Balaban J connectivity index is 1.74. The number of hydrogen-bond acceptors (Lipinski definition) is 5. The predicted molar refractivity (Wildman–Crippen MR) is 122 cm³/mol. The summed E-state index contributed by atoms with van der Waals surface area (Å²) in [6.07, 6.45) is 4.92. The second-order valence-electron chi connectivity index (χ2n) is 8.06. The number of nitrogens with one attached hydrogen (secondary N) is 1. The maximum Gasteiger partial charge on any atom is 0.281 e. The van der Waals surface area contributed by atoms with Gasteiger partial charge in [0, 0.05) is 31.9 Å². The third kappa shape index (κ3) is 6.02. The van der Waals surface area contributed by atoms with Crippen LogP contribution in [-0.2, 0) is 21.0 Å². The fourth-order valence-electron chi connectivity index (χ4n) is 3.51. The van der Waals surface area contributed by atoms with Gasteiger partial charge in [-0.15, -0.1) is 0 Å². The molecular formula is C21H29FN4O3S2. The van der Waals surface area contributed by atoms with Crippen molar-refractivity contribution in [3.05, 3.63) is 48.4 Å². The second-order valence-corrected chi connectivity index (χ2v) is 11.2. The van der Waals surface area contributed by atoms with E-state index in [1.54, 1.807) is 12.3 Å². The SMILES string of the molecule is CC(C)CN(c1ccc(F)cc1)S(=O)(=O)c1ccc(NC2CCN(S(C)=O)CC2)cn1. The van der Waals surface area contributed by atoms with Gasteiger partial charge in [0.1, 0.15) is 5.82 Å². The van der Waals surface area contributed by atoms with Gasteiger partial charge in [0.25, 0.3) is 10.0 Å². The van der Waals surface area contributed by atoms with E-state index in [1.165, 1.54) is 40.8 Å². The van der Waals surface area contributed by atoms with E-state index >= 15 is 0 Å². The first-order chi connectivity index (χ1) is 14.7. The summed E-state index contributed by atoms with van der Waals surface area (Å²) >= 11 is 0. The highest BCUT2D eigenvalue weighted by Gasteiger charge is 2.27. The summed E-state index contributed by atoms with van der Waals surface area (Å²) in [5.74, 6) is -0.348. The number of rotatable bonds is 8. The highest BCUT2D eigenvalue weighted by molar-refractivity contribution is 7.92. The molecule has 1 aliphatic rings. The Kier molecular flexibility index (Phi) is 7.66. The Morgan fingerprint density at radius 1 is 1.19 bits per heavy atom. The van der Waals surface area contributed by atoms with Crippen LogP contribution < -0.4 is 9.62 Å². The normalized spacial score (nSPS) is 16.9. The monoisotopic (exact) mass is 468 g/mol. The van der Waals surface area contributed by atoms with Crippen molar-refractivity contribution in [2.45, 2.75) is 37.8 Å². The number of halogens is 1. The van der Waals surface area contributed by atoms with Gasteiger partial charge >= 0.3 is 0 Å². The zero-order chi connectivity index (χ0) is 22.6. The van der Waals surface area contributed by atoms with Crippen LogP contribution in [0.1, 0.15) is 26.7 Å². The van der Waals surface area contributed by atoms with E-state index in [0.29, 0.717) is 5.69 Å². The average molecular weight is 469 g/mol. The Labute approximate surface area is 186 Å².